The highest BCUT2D eigenvalue weighted by atomic mass is 16.6. The number of carboxylic acid groups (broad SMARTS) is 1. The van der Waals surface area contributed by atoms with Gasteiger partial charge in [0.1, 0.15) is 17.4 Å². The standard InChI is InChI=1S/C11H16N2O5/c1-11(2,3)17-10(16)13-8(9(14)15)6-7-4-5-12-18-7/h4-5,8H,6H2,1-3H3,(H,13,16)(H,14,15)/t8-/m0/s1. The van der Waals surface area contributed by atoms with E-state index in [1.165, 1.54) is 12.3 Å². The van der Waals surface area contributed by atoms with Crippen molar-refractivity contribution in [3.05, 3.63) is 18.0 Å². The van der Waals surface area contributed by atoms with Crippen LogP contribution < -0.4 is 5.32 Å². The zero-order valence-corrected chi connectivity index (χ0v) is 10.5. The molecule has 1 atom stereocenters. The Morgan fingerprint density at radius 1 is 1.56 bits per heavy atom. The van der Waals surface area contributed by atoms with Gasteiger partial charge in [-0.3, -0.25) is 0 Å². The van der Waals surface area contributed by atoms with Gasteiger partial charge < -0.3 is 19.7 Å². The van der Waals surface area contributed by atoms with Crippen molar-refractivity contribution in [1.29, 1.82) is 0 Å². The molecule has 7 nitrogen and oxygen atoms in total. The van der Waals surface area contributed by atoms with Crippen molar-refractivity contribution in [1.82, 2.24) is 10.5 Å². The van der Waals surface area contributed by atoms with Crippen LogP contribution in [0.3, 0.4) is 0 Å². The maximum atomic E-state index is 11.5. The van der Waals surface area contributed by atoms with Gasteiger partial charge >= 0.3 is 12.1 Å². The summed E-state index contributed by atoms with van der Waals surface area (Å²) in [5.41, 5.74) is -0.681. The molecule has 0 saturated carbocycles. The van der Waals surface area contributed by atoms with Crippen LogP contribution in [0.1, 0.15) is 26.5 Å². The molecule has 0 aromatic carbocycles. The summed E-state index contributed by atoms with van der Waals surface area (Å²) >= 11 is 0. The fourth-order valence-electron chi connectivity index (χ4n) is 1.20. The lowest BCUT2D eigenvalue weighted by molar-refractivity contribution is -0.139. The number of amides is 1. The Hall–Kier alpha value is -2.05. The van der Waals surface area contributed by atoms with Gasteiger partial charge in [0.15, 0.2) is 0 Å². The third-order valence-electron chi connectivity index (χ3n) is 1.89. The van der Waals surface area contributed by atoms with E-state index in [0.717, 1.165) is 0 Å². The monoisotopic (exact) mass is 256 g/mol. The smallest absolute Gasteiger partial charge is 0.408 e. The summed E-state index contributed by atoms with van der Waals surface area (Å²) in [4.78, 5) is 22.5. The molecule has 1 aromatic rings. The predicted octanol–water partition coefficient (Wildman–Crippen LogP) is 1.19. The molecule has 0 fully saturated rings. The Bertz CT molecular complexity index is 408. The molecule has 0 radical (unpaired) electrons. The Labute approximate surface area is 104 Å². The molecule has 7 heteroatoms. The number of carbonyl (C=O) groups excluding carboxylic acids is 1. The molecule has 2 N–H and O–H groups in total. The van der Waals surface area contributed by atoms with E-state index in [1.54, 1.807) is 20.8 Å². The summed E-state index contributed by atoms with van der Waals surface area (Å²) in [7, 11) is 0. The van der Waals surface area contributed by atoms with Gasteiger partial charge in [-0.05, 0) is 20.8 Å². The number of nitrogens with zero attached hydrogens (tertiary/aromatic N) is 1. The van der Waals surface area contributed by atoms with Crippen molar-refractivity contribution in [2.24, 2.45) is 0 Å². The highest BCUT2D eigenvalue weighted by molar-refractivity contribution is 5.80. The quantitative estimate of drug-likeness (QED) is 0.839. The third-order valence-corrected chi connectivity index (χ3v) is 1.89. The molecule has 0 aliphatic carbocycles. The lowest BCUT2D eigenvalue weighted by Crippen LogP contribution is -2.44. The number of carboxylic acids is 1. The Kier molecular flexibility index (Phi) is 4.30. The third kappa shape index (κ3) is 4.86. The number of aliphatic carboxylic acids is 1. The average molecular weight is 256 g/mol. The van der Waals surface area contributed by atoms with Crippen molar-refractivity contribution in [3.63, 3.8) is 0 Å². The summed E-state index contributed by atoms with van der Waals surface area (Å²) in [5, 5.41) is 14.7. The van der Waals surface area contributed by atoms with Gasteiger partial charge in [0.2, 0.25) is 0 Å². The first-order valence-electron chi connectivity index (χ1n) is 5.40. The molecule has 1 aromatic heterocycles. The van der Waals surface area contributed by atoms with Crippen molar-refractivity contribution in [2.45, 2.75) is 38.8 Å². The molecule has 1 heterocycles. The topological polar surface area (TPSA) is 102 Å². The fourth-order valence-corrected chi connectivity index (χ4v) is 1.20. The molecule has 100 valence electrons. The second-order valence-corrected chi connectivity index (χ2v) is 4.72. The van der Waals surface area contributed by atoms with E-state index in [-0.39, 0.29) is 6.42 Å². The van der Waals surface area contributed by atoms with Crippen LogP contribution in [-0.2, 0) is 16.0 Å². The van der Waals surface area contributed by atoms with Crippen LogP contribution in [0.15, 0.2) is 16.8 Å². The lowest BCUT2D eigenvalue weighted by atomic mass is 10.1. The lowest BCUT2D eigenvalue weighted by Gasteiger charge is -2.21. The molecule has 0 saturated heterocycles. The molecule has 18 heavy (non-hydrogen) atoms. The van der Waals surface area contributed by atoms with Gasteiger partial charge in [0.05, 0.1) is 6.20 Å². The van der Waals surface area contributed by atoms with E-state index in [9.17, 15) is 9.59 Å². The second kappa shape index (κ2) is 5.52. The first-order chi connectivity index (χ1) is 8.28. The van der Waals surface area contributed by atoms with Crippen molar-refractivity contribution < 1.29 is 24.0 Å². The predicted molar refractivity (Wildman–Crippen MR) is 61.0 cm³/mol. The second-order valence-electron chi connectivity index (χ2n) is 4.72. The SMILES string of the molecule is CC(C)(C)OC(=O)N[C@@H](Cc1ccno1)C(=O)O. The van der Waals surface area contributed by atoms with Crippen LogP contribution in [0.4, 0.5) is 4.79 Å². The maximum absolute atomic E-state index is 11.5. The zero-order valence-electron chi connectivity index (χ0n) is 10.5. The van der Waals surface area contributed by atoms with Gasteiger partial charge in [-0.25, -0.2) is 9.59 Å². The summed E-state index contributed by atoms with van der Waals surface area (Å²) < 4.78 is 9.77. The van der Waals surface area contributed by atoms with E-state index in [2.05, 4.69) is 10.5 Å². The molecule has 0 aliphatic heterocycles. The number of hydrogen-bond donors (Lipinski definition) is 2. The largest absolute Gasteiger partial charge is 0.480 e. The van der Waals surface area contributed by atoms with Crippen LogP contribution in [0.5, 0.6) is 0 Å². The minimum atomic E-state index is -1.17. The molecule has 0 aliphatic rings. The van der Waals surface area contributed by atoms with E-state index in [0.29, 0.717) is 5.76 Å². The van der Waals surface area contributed by atoms with Gasteiger partial charge in [0, 0.05) is 12.5 Å². The van der Waals surface area contributed by atoms with Crippen molar-refractivity contribution in [2.75, 3.05) is 0 Å². The molecule has 1 rings (SSSR count). The van der Waals surface area contributed by atoms with Gasteiger partial charge in [-0.15, -0.1) is 0 Å². The summed E-state index contributed by atoms with van der Waals surface area (Å²) in [5.74, 6) is -0.796. The number of ether oxygens (including phenoxy) is 1. The van der Waals surface area contributed by atoms with E-state index < -0.39 is 23.7 Å². The number of hydrogen-bond acceptors (Lipinski definition) is 5. The minimum Gasteiger partial charge on any atom is -0.480 e. The van der Waals surface area contributed by atoms with Gasteiger partial charge in [-0.2, -0.15) is 0 Å². The molecule has 0 spiro atoms. The van der Waals surface area contributed by atoms with Crippen LogP contribution in [0, 0.1) is 0 Å². The van der Waals surface area contributed by atoms with Crippen molar-refractivity contribution in [3.8, 4) is 0 Å². The highest BCUT2D eigenvalue weighted by Gasteiger charge is 2.25. The number of aromatic nitrogens is 1. The van der Waals surface area contributed by atoms with Crippen LogP contribution in [0.25, 0.3) is 0 Å². The number of rotatable bonds is 4. The maximum Gasteiger partial charge on any atom is 0.408 e. The van der Waals surface area contributed by atoms with E-state index >= 15 is 0 Å². The zero-order chi connectivity index (χ0) is 13.8. The molecular formula is C11H16N2O5. The first-order valence-corrected chi connectivity index (χ1v) is 5.40. The summed E-state index contributed by atoms with van der Waals surface area (Å²) in [6.07, 6.45) is 0.630. The van der Waals surface area contributed by atoms with E-state index in [4.69, 9.17) is 14.4 Å². The molecule has 1 amide bonds. The molecule has 0 bridgehead atoms. The molecule has 0 unspecified atom stereocenters. The van der Waals surface area contributed by atoms with Gasteiger partial charge in [0.25, 0.3) is 0 Å². The Balaban J connectivity index is 2.58. The molecular weight excluding hydrogens is 240 g/mol. The fraction of sp³-hybridized carbons (Fsp3) is 0.545. The summed E-state index contributed by atoms with van der Waals surface area (Å²) in [6, 6.07) is 0.417. The Morgan fingerprint density at radius 2 is 2.22 bits per heavy atom. The number of carbonyl (C=O) groups is 2. The van der Waals surface area contributed by atoms with E-state index in [1.807, 2.05) is 0 Å². The number of alkyl carbamates (subject to hydrolysis) is 1. The van der Waals surface area contributed by atoms with Crippen LogP contribution in [-0.4, -0.2) is 34.0 Å². The minimum absolute atomic E-state index is 0.00851. The summed E-state index contributed by atoms with van der Waals surface area (Å²) in [6.45, 7) is 5.08. The normalized spacial score (nSPS) is 12.8. The Morgan fingerprint density at radius 3 is 2.67 bits per heavy atom. The van der Waals surface area contributed by atoms with Crippen LogP contribution >= 0.6 is 0 Å². The van der Waals surface area contributed by atoms with Gasteiger partial charge in [-0.1, -0.05) is 5.16 Å². The first kappa shape index (κ1) is 14.0. The van der Waals surface area contributed by atoms with Crippen LogP contribution in [0.2, 0.25) is 0 Å². The highest BCUT2D eigenvalue weighted by Crippen LogP contribution is 2.08. The van der Waals surface area contributed by atoms with Crippen molar-refractivity contribution >= 4 is 12.1 Å². The number of nitrogens with one attached hydrogen (secondary N) is 1. The average Bonchev–Trinajstić information content (AvgIpc) is 2.66.